The van der Waals surface area contributed by atoms with E-state index in [-0.39, 0.29) is 18.0 Å². The molecule has 0 saturated heterocycles. The normalized spacial score (nSPS) is 11.6. The first-order chi connectivity index (χ1) is 17.0. The number of aryl methyl sites for hydroxylation is 1. The Labute approximate surface area is 204 Å². The van der Waals surface area contributed by atoms with Crippen LogP contribution in [0.5, 0.6) is 17.5 Å². The van der Waals surface area contributed by atoms with Crippen LogP contribution in [-0.2, 0) is 6.18 Å². The second kappa shape index (κ2) is 9.84. The van der Waals surface area contributed by atoms with Crippen LogP contribution in [0.2, 0.25) is 0 Å². The zero-order chi connectivity index (χ0) is 26.0. The van der Waals surface area contributed by atoms with E-state index >= 15 is 0 Å². The number of nitrogens with one attached hydrogen (secondary N) is 1. The monoisotopic (exact) mass is 501 g/mol. The molecule has 0 aliphatic heterocycles. The minimum absolute atomic E-state index is 0.101. The molecule has 0 radical (unpaired) electrons. The van der Waals surface area contributed by atoms with Gasteiger partial charge in [0.25, 0.3) is 0 Å². The highest BCUT2D eigenvalue weighted by molar-refractivity contribution is 5.74. The summed E-state index contributed by atoms with van der Waals surface area (Å²) in [4.78, 5) is 8.43. The van der Waals surface area contributed by atoms with E-state index in [4.69, 9.17) is 9.47 Å². The van der Waals surface area contributed by atoms with E-state index in [2.05, 4.69) is 20.4 Å². The molecule has 2 aromatic heterocycles. The van der Waals surface area contributed by atoms with Gasteiger partial charge in [0.2, 0.25) is 5.95 Å². The van der Waals surface area contributed by atoms with Gasteiger partial charge in [-0.15, -0.1) is 5.10 Å². The van der Waals surface area contributed by atoms with Crippen LogP contribution in [0.15, 0.2) is 54.7 Å². The van der Waals surface area contributed by atoms with E-state index in [1.165, 1.54) is 4.68 Å². The van der Waals surface area contributed by atoms with E-state index < -0.39 is 23.3 Å². The molecule has 0 bridgehead atoms. The first-order valence-corrected chi connectivity index (χ1v) is 10.9. The third kappa shape index (κ3) is 5.40. The summed E-state index contributed by atoms with van der Waals surface area (Å²) in [6, 6.07) is 10.9. The van der Waals surface area contributed by atoms with Gasteiger partial charge < -0.3 is 14.8 Å². The lowest BCUT2D eigenvalue weighted by Gasteiger charge is -2.14. The molecule has 0 spiro atoms. The number of rotatable bonds is 7. The lowest BCUT2D eigenvalue weighted by molar-refractivity contribution is -0.138. The minimum Gasteiger partial charge on any atom is -0.496 e. The summed E-state index contributed by atoms with van der Waals surface area (Å²) in [6.45, 7) is 5.44. The van der Waals surface area contributed by atoms with E-state index in [1.54, 1.807) is 39.3 Å². The van der Waals surface area contributed by atoms with Gasteiger partial charge >= 0.3 is 12.2 Å². The molecule has 11 heteroatoms. The summed E-state index contributed by atoms with van der Waals surface area (Å²) in [5.41, 5.74) is 1.99. The zero-order valence-corrected chi connectivity index (χ0v) is 19.9. The molecule has 0 amide bonds. The molecule has 1 N–H and O–H groups in total. The van der Waals surface area contributed by atoms with Crippen molar-refractivity contribution in [3.05, 3.63) is 71.8 Å². The average molecular weight is 501 g/mol. The highest BCUT2D eigenvalue weighted by atomic mass is 19.4. The van der Waals surface area contributed by atoms with Gasteiger partial charge in [0.1, 0.15) is 22.9 Å². The van der Waals surface area contributed by atoms with Crippen LogP contribution in [0.25, 0.3) is 11.1 Å². The van der Waals surface area contributed by atoms with Gasteiger partial charge in [-0.25, -0.2) is 9.07 Å². The fourth-order valence-corrected chi connectivity index (χ4v) is 3.53. The first kappa shape index (κ1) is 25.0. The molecule has 36 heavy (non-hydrogen) atoms. The molecular formula is C25H23F4N5O2. The molecule has 0 fully saturated rings. The van der Waals surface area contributed by atoms with Crippen molar-refractivity contribution in [3.63, 3.8) is 0 Å². The van der Waals surface area contributed by atoms with Crippen LogP contribution < -0.4 is 14.8 Å². The van der Waals surface area contributed by atoms with Crippen LogP contribution in [0, 0.1) is 12.7 Å². The lowest BCUT2D eigenvalue weighted by atomic mass is 10.0. The Hall–Kier alpha value is -4.15. The molecule has 2 aromatic carbocycles. The minimum atomic E-state index is -4.81. The van der Waals surface area contributed by atoms with Crippen LogP contribution in [0.4, 0.5) is 29.2 Å². The maximum absolute atomic E-state index is 13.5. The van der Waals surface area contributed by atoms with Crippen LogP contribution in [0.3, 0.4) is 0 Å². The van der Waals surface area contributed by atoms with Crippen molar-refractivity contribution in [1.82, 2.24) is 19.7 Å². The summed E-state index contributed by atoms with van der Waals surface area (Å²) in [7, 11) is 1.55. The molecular weight excluding hydrogens is 478 g/mol. The summed E-state index contributed by atoms with van der Waals surface area (Å²) in [5.74, 6) is -0.916. The number of hydrogen-bond donors (Lipinski definition) is 1. The van der Waals surface area contributed by atoms with Crippen molar-refractivity contribution >= 4 is 11.6 Å². The Bertz CT molecular complexity index is 1390. The van der Waals surface area contributed by atoms with Gasteiger partial charge in [0, 0.05) is 29.2 Å². The van der Waals surface area contributed by atoms with E-state index in [9.17, 15) is 17.6 Å². The number of benzene rings is 2. The number of methoxy groups -OCH3 is 1. The molecule has 188 valence electrons. The number of ether oxygens (including phenoxy) is 2. The van der Waals surface area contributed by atoms with Gasteiger partial charge in [0.05, 0.1) is 13.2 Å². The van der Waals surface area contributed by atoms with Gasteiger partial charge in [-0.05, 0) is 68.8 Å². The predicted octanol–water partition coefficient (Wildman–Crippen LogP) is 6.93. The zero-order valence-electron chi connectivity index (χ0n) is 19.9. The number of alkyl halides is 3. The highest BCUT2D eigenvalue weighted by Gasteiger charge is 2.35. The molecule has 0 saturated carbocycles. The molecule has 4 rings (SSSR count). The quantitative estimate of drug-likeness (QED) is 0.277. The van der Waals surface area contributed by atoms with Gasteiger partial charge in [-0.2, -0.15) is 18.2 Å². The molecule has 4 aromatic rings. The smallest absolute Gasteiger partial charge is 0.420 e. The Morgan fingerprint density at radius 1 is 1.00 bits per heavy atom. The Balaban J connectivity index is 1.64. The number of nitrogens with zero attached hydrogens (tertiary/aromatic N) is 4. The van der Waals surface area contributed by atoms with Crippen LogP contribution in [0.1, 0.15) is 31.1 Å². The molecule has 0 aliphatic rings. The number of hydrogen-bond acceptors (Lipinski definition) is 6. The summed E-state index contributed by atoms with van der Waals surface area (Å²) >= 11 is 0. The van der Waals surface area contributed by atoms with E-state index in [0.717, 1.165) is 29.0 Å². The molecule has 0 atom stereocenters. The number of pyridine rings is 1. The second-order valence-corrected chi connectivity index (χ2v) is 8.22. The third-order valence-electron chi connectivity index (χ3n) is 5.20. The van der Waals surface area contributed by atoms with Crippen molar-refractivity contribution in [2.45, 2.75) is 33.0 Å². The summed E-state index contributed by atoms with van der Waals surface area (Å²) in [5, 5.41) is 7.35. The van der Waals surface area contributed by atoms with Crippen LogP contribution in [-0.4, -0.2) is 26.9 Å². The fraction of sp³-hybridized carbons (Fsp3) is 0.240. The number of aromatic nitrogens is 4. The predicted molar refractivity (Wildman–Crippen MR) is 126 cm³/mol. The highest BCUT2D eigenvalue weighted by Crippen LogP contribution is 2.39. The van der Waals surface area contributed by atoms with Crippen molar-refractivity contribution in [3.8, 4) is 28.6 Å². The van der Waals surface area contributed by atoms with Crippen molar-refractivity contribution in [1.29, 1.82) is 0 Å². The van der Waals surface area contributed by atoms with Crippen molar-refractivity contribution in [2.24, 2.45) is 0 Å². The lowest BCUT2D eigenvalue weighted by Crippen LogP contribution is -2.10. The number of halogens is 4. The van der Waals surface area contributed by atoms with Gasteiger partial charge in [-0.1, -0.05) is 0 Å². The Morgan fingerprint density at radius 2 is 1.78 bits per heavy atom. The maximum Gasteiger partial charge on any atom is 0.420 e. The maximum atomic E-state index is 13.5. The molecule has 2 heterocycles. The van der Waals surface area contributed by atoms with E-state index in [1.807, 2.05) is 25.1 Å². The summed E-state index contributed by atoms with van der Waals surface area (Å²) < 4.78 is 66.1. The van der Waals surface area contributed by atoms with E-state index in [0.29, 0.717) is 17.5 Å². The molecule has 0 unspecified atom stereocenters. The Kier molecular flexibility index (Phi) is 6.82. The first-order valence-electron chi connectivity index (χ1n) is 10.9. The SMILES string of the molecule is COc1cc(Nc2nc(Oc3ccc(F)cc3C(F)(F)F)n(C(C)C)n2)ccc1-c1ccnc(C)c1. The second-order valence-electron chi connectivity index (χ2n) is 8.22. The largest absolute Gasteiger partial charge is 0.496 e. The summed E-state index contributed by atoms with van der Waals surface area (Å²) in [6.07, 6.45) is -3.10. The average Bonchev–Trinajstić information content (AvgIpc) is 3.21. The molecule has 7 nitrogen and oxygen atoms in total. The standard InChI is InChI=1S/C25H23F4N5O2/c1-14(2)34-24(36-21-8-5-17(26)12-20(21)25(27,28)29)32-23(33-34)31-18-6-7-19(22(13-18)35-4)16-9-10-30-15(3)11-16/h5-14H,1-4H3,(H,31,33). The topological polar surface area (TPSA) is 74.1 Å². The molecule has 0 aliphatic carbocycles. The fourth-order valence-electron chi connectivity index (χ4n) is 3.53. The third-order valence-corrected chi connectivity index (χ3v) is 5.20. The van der Waals surface area contributed by atoms with Crippen molar-refractivity contribution in [2.75, 3.05) is 12.4 Å². The Morgan fingerprint density at radius 3 is 2.44 bits per heavy atom. The van der Waals surface area contributed by atoms with Gasteiger partial charge in [0.15, 0.2) is 0 Å². The van der Waals surface area contributed by atoms with Crippen LogP contribution >= 0.6 is 0 Å². The van der Waals surface area contributed by atoms with Gasteiger partial charge in [-0.3, -0.25) is 4.98 Å². The number of anilines is 2. The van der Waals surface area contributed by atoms with Crippen molar-refractivity contribution < 1.29 is 27.0 Å².